The standard InChI is InChI=1S/C34H42O13/c1-15(35)43-23-12-24(44-16(2)36)33-14-42-29(46-18(4)38)30(23,5)21(33)11-22(39)32(7)27(33)26(40)28(45-17(3)37)31(6)20(19-8-9-41-13-19)10-25-34(31,32)47-25/h8-9,13,20-25,27-29,39H,10-12,14H2,1-7H3/t20-,21-,22+,23+,24-,25+,27-,28-,29-,30-,31+,32+,33+,34+/m0/s1. The second-order valence-corrected chi connectivity index (χ2v) is 15.0. The van der Waals surface area contributed by atoms with Gasteiger partial charge in [0.1, 0.15) is 17.8 Å². The Morgan fingerprint density at radius 2 is 1.49 bits per heavy atom. The van der Waals surface area contributed by atoms with E-state index in [1.54, 1.807) is 19.5 Å². The minimum Gasteiger partial charge on any atom is -0.472 e. The maximum atomic E-state index is 15.4. The van der Waals surface area contributed by atoms with Gasteiger partial charge < -0.3 is 37.9 Å². The van der Waals surface area contributed by atoms with Crippen LogP contribution in [0.3, 0.4) is 0 Å². The Bertz CT molecular complexity index is 1540. The van der Waals surface area contributed by atoms with Gasteiger partial charge in [-0.05, 0) is 37.3 Å². The lowest BCUT2D eigenvalue weighted by molar-refractivity contribution is -0.374. The van der Waals surface area contributed by atoms with E-state index in [2.05, 4.69) is 0 Å². The van der Waals surface area contributed by atoms with Crippen molar-refractivity contribution in [3.63, 3.8) is 0 Å². The summed E-state index contributed by atoms with van der Waals surface area (Å²) in [5.41, 5.74) is -5.28. The minimum absolute atomic E-state index is 0.0202. The van der Waals surface area contributed by atoms with Crippen molar-refractivity contribution in [1.82, 2.24) is 0 Å². The average molecular weight is 659 g/mol. The van der Waals surface area contributed by atoms with E-state index >= 15 is 4.79 Å². The van der Waals surface area contributed by atoms with Crippen molar-refractivity contribution >= 4 is 29.7 Å². The number of hydrogen-bond donors (Lipinski definition) is 1. The first-order valence-electron chi connectivity index (χ1n) is 16.2. The number of ketones is 1. The van der Waals surface area contributed by atoms with Crippen molar-refractivity contribution in [2.24, 2.45) is 33.5 Å². The molecule has 6 aliphatic rings. The van der Waals surface area contributed by atoms with Crippen LogP contribution in [0, 0.1) is 33.5 Å². The highest BCUT2D eigenvalue weighted by Crippen LogP contribution is 2.83. The predicted octanol–water partition coefficient (Wildman–Crippen LogP) is 2.61. The Kier molecular flexibility index (Phi) is 6.94. The molecule has 2 saturated heterocycles. The topological polar surface area (TPSA) is 177 Å². The summed E-state index contributed by atoms with van der Waals surface area (Å²) < 4.78 is 42.1. The number of epoxide rings is 1. The predicted molar refractivity (Wildman–Crippen MR) is 156 cm³/mol. The number of fused-ring (bicyclic) bond motifs is 1. The molecule has 13 heteroatoms. The van der Waals surface area contributed by atoms with Crippen LogP contribution in [0.25, 0.3) is 0 Å². The first-order chi connectivity index (χ1) is 22.0. The number of aliphatic hydroxyl groups excluding tert-OH is 1. The van der Waals surface area contributed by atoms with Crippen molar-refractivity contribution in [2.75, 3.05) is 6.61 Å². The number of esters is 4. The van der Waals surface area contributed by atoms with Gasteiger partial charge in [0, 0.05) is 56.8 Å². The lowest BCUT2D eigenvalue weighted by Gasteiger charge is -2.73. The second kappa shape index (κ2) is 10.1. The molecule has 0 unspecified atom stereocenters. The van der Waals surface area contributed by atoms with Crippen LogP contribution in [-0.4, -0.2) is 83.8 Å². The molecule has 1 aromatic rings. The lowest BCUT2D eigenvalue weighted by atomic mass is 9.33. The van der Waals surface area contributed by atoms with Crippen molar-refractivity contribution in [1.29, 1.82) is 0 Å². The van der Waals surface area contributed by atoms with E-state index in [1.165, 1.54) is 27.7 Å². The van der Waals surface area contributed by atoms with Gasteiger partial charge in [-0.2, -0.15) is 0 Å². The van der Waals surface area contributed by atoms with Crippen molar-refractivity contribution in [3.8, 4) is 0 Å². The summed E-state index contributed by atoms with van der Waals surface area (Å²) >= 11 is 0. The molecule has 4 saturated carbocycles. The fraction of sp³-hybridized carbons (Fsp3) is 0.735. The maximum Gasteiger partial charge on any atom is 0.304 e. The molecule has 4 aliphatic carbocycles. The molecule has 7 rings (SSSR count). The van der Waals surface area contributed by atoms with E-state index in [0.717, 1.165) is 5.56 Å². The molecule has 0 amide bonds. The van der Waals surface area contributed by atoms with Gasteiger partial charge >= 0.3 is 23.9 Å². The number of aliphatic hydroxyl groups is 1. The van der Waals surface area contributed by atoms with Gasteiger partial charge in [0.2, 0.25) is 6.29 Å². The third-order valence-corrected chi connectivity index (χ3v) is 13.1. The summed E-state index contributed by atoms with van der Waals surface area (Å²) in [5, 5.41) is 12.5. The molecule has 14 atom stereocenters. The Morgan fingerprint density at radius 1 is 0.851 bits per heavy atom. The molecular weight excluding hydrogens is 616 g/mol. The summed E-state index contributed by atoms with van der Waals surface area (Å²) in [5.74, 6) is -5.10. The summed E-state index contributed by atoms with van der Waals surface area (Å²) in [6.45, 7) is 10.3. The van der Waals surface area contributed by atoms with E-state index in [4.69, 9.17) is 32.8 Å². The van der Waals surface area contributed by atoms with Crippen LogP contribution in [-0.2, 0) is 52.4 Å². The third-order valence-electron chi connectivity index (χ3n) is 13.1. The summed E-state index contributed by atoms with van der Waals surface area (Å²) in [6.07, 6.45) is -2.34. The van der Waals surface area contributed by atoms with Gasteiger partial charge in [0.15, 0.2) is 11.9 Å². The number of furan rings is 1. The Morgan fingerprint density at radius 3 is 2.09 bits per heavy atom. The fourth-order valence-corrected chi connectivity index (χ4v) is 11.6. The normalized spacial score (nSPS) is 48.9. The number of hydrogen-bond acceptors (Lipinski definition) is 13. The van der Waals surface area contributed by atoms with Gasteiger partial charge in [-0.15, -0.1) is 0 Å². The van der Waals surface area contributed by atoms with Gasteiger partial charge in [0.25, 0.3) is 0 Å². The Labute approximate surface area is 271 Å². The van der Waals surface area contributed by atoms with Crippen molar-refractivity contribution < 1.29 is 61.9 Å². The number of Topliss-reactive ketones (excluding diaryl/α,β-unsaturated/α-hetero) is 1. The summed E-state index contributed by atoms with van der Waals surface area (Å²) in [7, 11) is 0. The fourth-order valence-electron chi connectivity index (χ4n) is 11.6. The minimum atomic E-state index is -1.32. The lowest BCUT2D eigenvalue weighted by Crippen LogP contribution is -2.82. The molecule has 0 radical (unpaired) electrons. The molecule has 1 N–H and O–H groups in total. The zero-order valence-corrected chi connectivity index (χ0v) is 27.6. The maximum absolute atomic E-state index is 15.4. The van der Waals surface area contributed by atoms with E-state index in [0.29, 0.717) is 6.42 Å². The van der Waals surface area contributed by atoms with Crippen LogP contribution in [0.5, 0.6) is 0 Å². The quantitative estimate of drug-likeness (QED) is 0.278. The van der Waals surface area contributed by atoms with Gasteiger partial charge in [-0.1, -0.05) is 13.8 Å². The van der Waals surface area contributed by atoms with Crippen molar-refractivity contribution in [2.45, 2.75) is 116 Å². The molecule has 6 fully saturated rings. The SMILES string of the molecule is CC(=O)O[C@@H]1OC[C@]23[C@@H](OC(C)=O)C[C@@H](OC(C)=O)[C@]1(C)[C@@H]2C[C@@H](O)[C@]1(C)[C@@H]3C(=O)[C@H](OC(C)=O)[C@@]2(C)[C@H](c3ccoc3)C[C@H]3O[C@]321. The molecule has 256 valence electrons. The molecule has 1 aromatic heterocycles. The van der Waals surface area contributed by atoms with Crippen LogP contribution < -0.4 is 0 Å². The highest BCUT2D eigenvalue weighted by molar-refractivity contribution is 5.93. The zero-order valence-electron chi connectivity index (χ0n) is 27.6. The molecule has 13 nitrogen and oxygen atoms in total. The van der Waals surface area contributed by atoms with Crippen LogP contribution in [0.1, 0.15) is 79.2 Å². The van der Waals surface area contributed by atoms with Gasteiger partial charge in [0.05, 0.1) is 42.2 Å². The summed E-state index contributed by atoms with van der Waals surface area (Å²) in [4.78, 5) is 65.8. The second-order valence-electron chi connectivity index (χ2n) is 15.0. The first kappa shape index (κ1) is 32.3. The molecule has 47 heavy (non-hydrogen) atoms. The highest BCUT2D eigenvalue weighted by atomic mass is 16.7. The van der Waals surface area contributed by atoms with Crippen molar-refractivity contribution in [3.05, 3.63) is 24.2 Å². The van der Waals surface area contributed by atoms with Crippen LogP contribution in [0.2, 0.25) is 0 Å². The van der Waals surface area contributed by atoms with Gasteiger partial charge in [-0.25, -0.2) is 0 Å². The van der Waals surface area contributed by atoms with E-state index in [9.17, 15) is 24.3 Å². The molecule has 0 aromatic carbocycles. The van der Waals surface area contributed by atoms with Crippen LogP contribution in [0.15, 0.2) is 23.0 Å². The average Bonchev–Trinajstić information content (AvgIpc) is 3.33. The molecule has 2 aliphatic heterocycles. The Balaban J connectivity index is 1.46. The largest absolute Gasteiger partial charge is 0.472 e. The number of ether oxygens (including phenoxy) is 6. The van der Waals surface area contributed by atoms with E-state index in [1.807, 2.05) is 19.9 Å². The smallest absolute Gasteiger partial charge is 0.304 e. The van der Waals surface area contributed by atoms with Gasteiger partial charge in [-0.3, -0.25) is 24.0 Å². The third kappa shape index (κ3) is 3.79. The molecule has 3 heterocycles. The zero-order chi connectivity index (χ0) is 34.1. The monoisotopic (exact) mass is 658 g/mol. The van der Waals surface area contributed by atoms with E-state index < -0.39 is 99.5 Å². The summed E-state index contributed by atoms with van der Waals surface area (Å²) in [6, 6.07) is 1.83. The number of carbonyl (C=O) groups excluding carboxylic acids is 5. The van der Waals surface area contributed by atoms with Crippen LogP contribution in [0.4, 0.5) is 0 Å². The molecule has 2 bridgehead atoms. The number of rotatable bonds is 5. The van der Waals surface area contributed by atoms with Crippen LogP contribution >= 0.6 is 0 Å². The Hall–Kier alpha value is -3.29. The molecular formula is C34H42O13. The number of carbonyl (C=O) groups is 5. The molecule has 1 spiro atoms. The van der Waals surface area contributed by atoms with E-state index in [-0.39, 0.29) is 31.5 Å². The first-order valence-corrected chi connectivity index (χ1v) is 16.2. The highest BCUT2D eigenvalue weighted by Gasteiger charge is 2.93.